The molecule has 152 valence electrons. The van der Waals surface area contributed by atoms with Gasteiger partial charge in [-0.05, 0) is 36.4 Å². The molecule has 0 spiro atoms. The number of carbonyl (C=O) groups is 1. The zero-order chi connectivity index (χ0) is 20.8. The molecule has 4 rings (SSSR count). The lowest BCUT2D eigenvalue weighted by molar-refractivity contribution is -0.144. The Morgan fingerprint density at radius 3 is 2.60 bits per heavy atom. The van der Waals surface area contributed by atoms with Crippen molar-refractivity contribution in [2.45, 2.75) is 19.6 Å². The number of hydrogen-bond acceptors (Lipinski definition) is 8. The van der Waals surface area contributed by atoms with E-state index in [0.29, 0.717) is 17.1 Å². The Bertz CT molecular complexity index is 1110. The summed E-state index contributed by atoms with van der Waals surface area (Å²) in [5.41, 5.74) is 2.08. The van der Waals surface area contributed by atoms with Gasteiger partial charge >= 0.3 is 5.97 Å². The summed E-state index contributed by atoms with van der Waals surface area (Å²) < 4.78 is 23.8. The van der Waals surface area contributed by atoms with Crippen LogP contribution in [0.15, 0.2) is 59.4 Å². The number of ether oxygens (including phenoxy) is 2. The Kier molecular flexibility index (Phi) is 6.41. The maximum atomic E-state index is 12.9. The van der Waals surface area contributed by atoms with Gasteiger partial charge in [0.15, 0.2) is 0 Å². The van der Waals surface area contributed by atoms with Crippen molar-refractivity contribution in [1.82, 2.24) is 15.0 Å². The smallest absolute Gasteiger partial charge is 0.312 e. The van der Waals surface area contributed by atoms with Crippen molar-refractivity contribution >= 4 is 28.6 Å². The fourth-order valence-electron chi connectivity index (χ4n) is 2.51. The van der Waals surface area contributed by atoms with Crippen molar-refractivity contribution in [3.05, 3.63) is 81.6 Å². The number of nitrogens with zero attached hydrogens (tertiary/aromatic N) is 3. The Hall–Kier alpha value is -3.17. The fraction of sp³-hybridized carbons (Fsp3) is 0.143. The zero-order valence-electron chi connectivity index (χ0n) is 15.7. The van der Waals surface area contributed by atoms with E-state index in [1.54, 1.807) is 18.3 Å². The third kappa shape index (κ3) is 5.46. The SMILES string of the molecule is O=C(Cc1csc(-c2ccccn2)n1)OCc1csc(COc2ccc(F)cc2)n1. The van der Waals surface area contributed by atoms with Gasteiger partial charge in [-0.25, -0.2) is 14.4 Å². The van der Waals surface area contributed by atoms with Gasteiger partial charge in [0, 0.05) is 17.0 Å². The molecule has 0 aliphatic heterocycles. The summed E-state index contributed by atoms with van der Waals surface area (Å²) in [5.74, 6) is -0.121. The topological polar surface area (TPSA) is 74.2 Å². The molecule has 0 saturated carbocycles. The summed E-state index contributed by atoms with van der Waals surface area (Å²) in [4.78, 5) is 25.2. The van der Waals surface area contributed by atoms with Crippen LogP contribution in [0.5, 0.6) is 5.75 Å². The lowest BCUT2D eigenvalue weighted by Crippen LogP contribution is -2.08. The summed E-state index contributed by atoms with van der Waals surface area (Å²) in [6.07, 6.45) is 1.80. The zero-order valence-corrected chi connectivity index (χ0v) is 17.3. The first-order chi connectivity index (χ1) is 14.7. The number of rotatable bonds is 8. The monoisotopic (exact) mass is 441 g/mol. The van der Waals surface area contributed by atoms with E-state index in [9.17, 15) is 9.18 Å². The standard InChI is InChI=1S/C21H16FN3O3S2/c22-14-4-6-17(7-5-14)27-11-19-24-16(13-29-19)10-28-20(26)9-15-12-30-21(25-15)18-3-1-2-8-23-18/h1-8,12-13H,9-11H2. The molecule has 3 heterocycles. The van der Waals surface area contributed by atoms with Gasteiger partial charge < -0.3 is 9.47 Å². The Labute approximate surface area is 180 Å². The molecule has 0 bridgehead atoms. The summed E-state index contributed by atoms with van der Waals surface area (Å²) in [5, 5.41) is 5.16. The Balaban J connectivity index is 1.24. The van der Waals surface area contributed by atoms with Crippen LogP contribution in [0.4, 0.5) is 4.39 Å². The molecule has 0 amide bonds. The largest absolute Gasteiger partial charge is 0.486 e. The van der Waals surface area contributed by atoms with E-state index < -0.39 is 0 Å². The van der Waals surface area contributed by atoms with E-state index in [-0.39, 0.29) is 31.4 Å². The van der Waals surface area contributed by atoms with Crippen molar-refractivity contribution < 1.29 is 18.7 Å². The number of aromatic nitrogens is 3. The summed E-state index contributed by atoms with van der Waals surface area (Å²) in [6.45, 7) is 0.350. The number of pyridine rings is 1. The molecule has 0 saturated heterocycles. The normalized spacial score (nSPS) is 10.7. The summed E-state index contributed by atoms with van der Waals surface area (Å²) >= 11 is 2.85. The van der Waals surface area contributed by atoms with Crippen LogP contribution >= 0.6 is 22.7 Å². The molecule has 30 heavy (non-hydrogen) atoms. The van der Waals surface area contributed by atoms with Gasteiger partial charge in [0.25, 0.3) is 0 Å². The summed E-state index contributed by atoms with van der Waals surface area (Å²) in [6, 6.07) is 11.4. The molecular formula is C21H16FN3O3S2. The van der Waals surface area contributed by atoms with E-state index in [1.165, 1.54) is 34.8 Å². The van der Waals surface area contributed by atoms with Crippen LogP contribution in [-0.4, -0.2) is 20.9 Å². The molecule has 1 aromatic carbocycles. The molecule has 9 heteroatoms. The fourth-order valence-corrected chi connectivity index (χ4v) is 3.99. The van der Waals surface area contributed by atoms with Gasteiger partial charge in [-0.2, -0.15) is 0 Å². The second-order valence-corrected chi connectivity index (χ2v) is 7.97. The Morgan fingerprint density at radius 1 is 0.967 bits per heavy atom. The van der Waals surface area contributed by atoms with Crippen molar-refractivity contribution in [3.8, 4) is 16.5 Å². The molecule has 0 radical (unpaired) electrons. The van der Waals surface area contributed by atoms with E-state index >= 15 is 0 Å². The average Bonchev–Trinajstić information content (AvgIpc) is 3.42. The van der Waals surface area contributed by atoms with Crippen LogP contribution in [0, 0.1) is 5.82 Å². The third-order valence-corrected chi connectivity index (χ3v) is 5.70. The summed E-state index contributed by atoms with van der Waals surface area (Å²) in [7, 11) is 0. The minimum atomic E-state index is -0.370. The maximum absolute atomic E-state index is 12.9. The first kappa shape index (κ1) is 20.1. The van der Waals surface area contributed by atoms with Crippen LogP contribution in [0.3, 0.4) is 0 Å². The Morgan fingerprint density at radius 2 is 1.80 bits per heavy atom. The molecule has 6 nitrogen and oxygen atoms in total. The van der Waals surface area contributed by atoms with Crippen LogP contribution < -0.4 is 4.74 Å². The highest BCUT2D eigenvalue weighted by molar-refractivity contribution is 7.13. The number of thiazole rings is 2. The predicted molar refractivity (Wildman–Crippen MR) is 112 cm³/mol. The third-order valence-electron chi connectivity index (χ3n) is 3.92. The second-order valence-electron chi connectivity index (χ2n) is 6.17. The van der Waals surface area contributed by atoms with E-state index in [0.717, 1.165) is 15.7 Å². The first-order valence-corrected chi connectivity index (χ1v) is 10.7. The van der Waals surface area contributed by atoms with Gasteiger partial charge in [0.2, 0.25) is 0 Å². The average molecular weight is 442 g/mol. The lowest BCUT2D eigenvalue weighted by atomic mass is 10.3. The van der Waals surface area contributed by atoms with Gasteiger partial charge in [-0.3, -0.25) is 9.78 Å². The van der Waals surface area contributed by atoms with Crippen molar-refractivity contribution in [2.75, 3.05) is 0 Å². The van der Waals surface area contributed by atoms with Crippen molar-refractivity contribution in [1.29, 1.82) is 0 Å². The molecule has 0 N–H and O–H groups in total. The minimum Gasteiger partial charge on any atom is -0.486 e. The number of carbonyl (C=O) groups excluding carboxylic acids is 1. The number of benzene rings is 1. The second kappa shape index (κ2) is 9.55. The first-order valence-electron chi connectivity index (χ1n) is 8.99. The van der Waals surface area contributed by atoms with E-state index in [1.807, 2.05) is 29.0 Å². The van der Waals surface area contributed by atoms with E-state index in [2.05, 4.69) is 15.0 Å². The minimum absolute atomic E-state index is 0.0864. The molecule has 0 fully saturated rings. The quantitative estimate of drug-likeness (QED) is 0.370. The van der Waals surface area contributed by atoms with Gasteiger partial charge in [0.1, 0.15) is 34.8 Å². The molecular weight excluding hydrogens is 425 g/mol. The van der Waals surface area contributed by atoms with Crippen LogP contribution in [-0.2, 0) is 29.2 Å². The van der Waals surface area contributed by atoms with Gasteiger partial charge in [-0.1, -0.05) is 6.07 Å². The molecule has 0 unspecified atom stereocenters. The van der Waals surface area contributed by atoms with Gasteiger partial charge in [-0.15, -0.1) is 22.7 Å². The van der Waals surface area contributed by atoms with Crippen molar-refractivity contribution in [3.63, 3.8) is 0 Å². The van der Waals surface area contributed by atoms with Crippen LogP contribution in [0.25, 0.3) is 10.7 Å². The highest BCUT2D eigenvalue weighted by atomic mass is 32.1. The number of esters is 1. The van der Waals surface area contributed by atoms with Crippen molar-refractivity contribution in [2.24, 2.45) is 0 Å². The number of halogens is 1. The molecule has 0 aliphatic carbocycles. The predicted octanol–water partition coefficient (Wildman–Crippen LogP) is 4.67. The van der Waals surface area contributed by atoms with Crippen LogP contribution in [0.2, 0.25) is 0 Å². The van der Waals surface area contributed by atoms with Gasteiger partial charge in [0.05, 0.1) is 23.5 Å². The highest BCUT2D eigenvalue weighted by Crippen LogP contribution is 2.22. The lowest BCUT2D eigenvalue weighted by Gasteiger charge is -2.03. The number of hydrogen-bond donors (Lipinski definition) is 0. The molecule has 0 atom stereocenters. The highest BCUT2D eigenvalue weighted by Gasteiger charge is 2.12. The molecule has 0 aliphatic rings. The van der Waals surface area contributed by atoms with E-state index in [4.69, 9.17) is 9.47 Å². The molecule has 3 aromatic heterocycles. The van der Waals surface area contributed by atoms with Crippen LogP contribution in [0.1, 0.15) is 16.4 Å². The maximum Gasteiger partial charge on any atom is 0.312 e. The molecule has 4 aromatic rings.